The first-order chi connectivity index (χ1) is 13.5. The maximum absolute atomic E-state index is 13.0. The fraction of sp³-hybridized carbons (Fsp3) is 0.190. The maximum Gasteiger partial charge on any atom is 0.252 e. The second kappa shape index (κ2) is 8.39. The molecule has 28 heavy (non-hydrogen) atoms. The van der Waals surface area contributed by atoms with Crippen molar-refractivity contribution in [2.75, 3.05) is 12.4 Å². The molecule has 3 aromatic rings. The minimum atomic E-state index is -0.506. The van der Waals surface area contributed by atoms with Crippen LogP contribution in [-0.4, -0.2) is 28.5 Å². The Bertz CT molecular complexity index is 997. The number of anilines is 1. The molecule has 0 saturated carbocycles. The van der Waals surface area contributed by atoms with Crippen molar-refractivity contribution >= 4 is 17.5 Å². The molecular formula is C21H22N4O3. The Labute approximate surface area is 163 Å². The van der Waals surface area contributed by atoms with Crippen LogP contribution in [-0.2, 0) is 11.8 Å². The monoisotopic (exact) mass is 378 g/mol. The zero-order chi connectivity index (χ0) is 20.1. The molecule has 2 N–H and O–H groups in total. The Morgan fingerprint density at radius 1 is 1.14 bits per heavy atom. The van der Waals surface area contributed by atoms with Gasteiger partial charge in [0.2, 0.25) is 5.91 Å². The van der Waals surface area contributed by atoms with E-state index < -0.39 is 6.04 Å². The number of amides is 2. The van der Waals surface area contributed by atoms with Crippen LogP contribution < -0.4 is 15.4 Å². The molecule has 0 bridgehead atoms. The van der Waals surface area contributed by atoms with E-state index in [1.807, 2.05) is 42.1 Å². The van der Waals surface area contributed by atoms with Crippen molar-refractivity contribution in [3.63, 3.8) is 0 Å². The van der Waals surface area contributed by atoms with Crippen LogP contribution in [0.5, 0.6) is 5.75 Å². The minimum Gasteiger partial charge on any atom is -0.496 e. The first-order valence-electron chi connectivity index (χ1n) is 8.78. The van der Waals surface area contributed by atoms with Gasteiger partial charge in [0.25, 0.3) is 5.91 Å². The highest BCUT2D eigenvalue weighted by Gasteiger charge is 2.24. The quantitative estimate of drug-likeness (QED) is 0.691. The lowest BCUT2D eigenvalue weighted by Gasteiger charge is -2.21. The second-order valence-corrected chi connectivity index (χ2v) is 6.31. The number of rotatable bonds is 6. The van der Waals surface area contributed by atoms with Gasteiger partial charge in [-0.05, 0) is 24.3 Å². The molecule has 1 unspecified atom stereocenters. The number of benzene rings is 2. The van der Waals surface area contributed by atoms with Crippen molar-refractivity contribution in [2.45, 2.75) is 13.0 Å². The molecule has 7 heteroatoms. The Hall–Kier alpha value is -3.61. The fourth-order valence-electron chi connectivity index (χ4n) is 3.00. The standard InChI is InChI=1S/C21H22N4O3/c1-14(26)23-16-8-6-7-15(13-16)21(27)24-19(20-22-11-12-25(20)2)17-9-4-5-10-18(17)28-3/h4-13,19H,1-3H3,(H,23,26)(H,24,27). The lowest BCUT2D eigenvalue weighted by atomic mass is 10.0. The Kier molecular flexibility index (Phi) is 5.74. The topological polar surface area (TPSA) is 85.2 Å². The molecule has 0 fully saturated rings. The third kappa shape index (κ3) is 4.20. The summed E-state index contributed by atoms with van der Waals surface area (Å²) in [6.07, 6.45) is 3.50. The third-order valence-corrected chi connectivity index (χ3v) is 4.29. The first kappa shape index (κ1) is 19.2. The number of carbonyl (C=O) groups is 2. The summed E-state index contributed by atoms with van der Waals surface area (Å²) in [7, 11) is 3.46. The van der Waals surface area contributed by atoms with Crippen LogP contribution in [0, 0.1) is 0 Å². The molecule has 0 saturated heterocycles. The summed E-state index contributed by atoms with van der Waals surface area (Å²) in [5.74, 6) is 0.849. The summed E-state index contributed by atoms with van der Waals surface area (Å²) in [6, 6.07) is 13.8. The van der Waals surface area contributed by atoms with Crippen molar-refractivity contribution in [3.05, 3.63) is 77.9 Å². The number of hydrogen-bond acceptors (Lipinski definition) is 4. The van der Waals surface area contributed by atoms with Crippen molar-refractivity contribution in [3.8, 4) is 5.75 Å². The molecule has 2 aromatic carbocycles. The van der Waals surface area contributed by atoms with Gasteiger partial charge in [0.1, 0.15) is 17.6 Å². The van der Waals surface area contributed by atoms with Gasteiger partial charge in [-0.1, -0.05) is 24.3 Å². The number of nitrogens with one attached hydrogen (secondary N) is 2. The van der Waals surface area contributed by atoms with Crippen LogP contribution in [0.1, 0.15) is 34.7 Å². The summed E-state index contributed by atoms with van der Waals surface area (Å²) >= 11 is 0. The SMILES string of the molecule is COc1ccccc1C(NC(=O)c1cccc(NC(C)=O)c1)c1nccn1C. The van der Waals surface area contributed by atoms with Crippen molar-refractivity contribution in [1.82, 2.24) is 14.9 Å². The van der Waals surface area contributed by atoms with E-state index in [0.29, 0.717) is 22.8 Å². The largest absolute Gasteiger partial charge is 0.496 e. The van der Waals surface area contributed by atoms with E-state index in [-0.39, 0.29) is 11.8 Å². The van der Waals surface area contributed by atoms with Gasteiger partial charge < -0.3 is 19.9 Å². The molecule has 7 nitrogen and oxygen atoms in total. The summed E-state index contributed by atoms with van der Waals surface area (Å²) in [5.41, 5.74) is 1.79. The van der Waals surface area contributed by atoms with Gasteiger partial charge in [-0.25, -0.2) is 4.98 Å². The highest BCUT2D eigenvalue weighted by Crippen LogP contribution is 2.29. The van der Waals surface area contributed by atoms with Crippen LogP contribution in [0.4, 0.5) is 5.69 Å². The number of carbonyl (C=O) groups excluding carboxylic acids is 2. The van der Waals surface area contributed by atoms with E-state index in [9.17, 15) is 9.59 Å². The molecule has 0 radical (unpaired) electrons. The molecule has 144 valence electrons. The number of aromatic nitrogens is 2. The van der Waals surface area contributed by atoms with Gasteiger partial charge in [0, 0.05) is 43.2 Å². The van der Waals surface area contributed by atoms with E-state index in [2.05, 4.69) is 15.6 Å². The molecular weight excluding hydrogens is 356 g/mol. The van der Waals surface area contributed by atoms with Gasteiger partial charge in [-0.15, -0.1) is 0 Å². The number of nitrogens with zero attached hydrogens (tertiary/aromatic N) is 2. The molecule has 0 aliphatic heterocycles. The Balaban J connectivity index is 1.95. The minimum absolute atomic E-state index is 0.197. The summed E-state index contributed by atoms with van der Waals surface area (Å²) in [6.45, 7) is 1.42. The predicted octanol–water partition coefficient (Wildman–Crippen LogP) is 2.91. The van der Waals surface area contributed by atoms with E-state index in [4.69, 9.17) is 4.74 Å². The van der Waals surface area contributed by atoms with E-state index >= 15 is 0 Å². The van der Waals surface area contributed by atoms with Crippen LogP contribution in [0.15, 0.2) is 60.9 Å². The Morgan fingerprint density at radius 3 is 2.61 bits per heavy atom. The summed E-state index contributed by atoms with van der Waals surface area (Å²) in [5, 5.41) is 5.72. The molecule has 2 amide bonds. The highest BCUT2D eigenvalue weighted by atomic mass is 16.5. The lowest BCUT2D eigenvalue weighted by molar-refractivity contribution is -0.114. The zero-order valence-electron chi connectivity index (χ0n) is 16.0. The van der Waals surface area contributed by atoms with Gasteiger partial charge in [-0.3, -0.25) is 9.59 Å². The van der Waals surface area contributed by atoms with Crippen LogP contribution >= 0.6 is 0 Å². The zero-order valence-corrected chi connectivity index (χ0v) is 16.0. The molecule has 1 heterocycles. The normalized spacial score (nSPS) is 11.5. The van der Waals surface area contributed by atoms with Crippen molar-refractivity contribution in [1.29, 1.82) is 0 Å². The van der Waals surface area contributed by atoms with Gasteiger partial charge in [-0.2, -0.15) is 0 Å². The van der Waals surface area contributed by atoms with E-state index in [0.717, 1.165) is 5.56 Å². The van der Waals surface area contributed by atoms with Crippen molar-refractivity contribution in [2.24, 2.45) is 7.05 Å². The summed E-state index contributed by atoms with van der Waals surface area (Å²) < 4.78 is 7.33. The average Bonchev–Trinajstić information content (AvgIpc) is 3.11. The van der Waals surface area contributed by atoms with Crippen LogP contribution in [0.25, 0.3) is 0 Å². The van der Waals surface area contributed by atoms with Gasteiger partial charge in [0.05, 0.1) is 7.11 Å². The second-order valence-electron chi connectivity index (χ2n) is 6.31. The fourth-order valence-corrected chi connectivity index (χ4v) is 3.00. The molecule has 1 aromatic heterocycles. The molecule has 0 spiro atoms. The molecule has 1 atom stereocenters. The smallest absolute Gasteiger partial charge is 0.252 e. The van der Waals surface area contributed by atoms with Gasteiger partial charge in [0.15, 0.2) is 0 Å². The van der Waals surface area contributed by atoms with E-state index in [1.165, 1.54) is 6.92 Å². The van der Waals surface area contributed by atoms with Crippen LogP contribution in [0.2, 0.25) is 0 Å². The summed E-state index contributed by atoms with van der Waals surface area (Å²) in [4.78, 5) is 28.7. The number of hydrogen-bond donors (Lipinski definition) is 2. The molecule has 0 aliphatic carbocycles. The number of methoxy groups -OCH3 is 1. The number of ether oxygens (including phenoxy) is 1. The number of para-hydroxylation sites is 1. The maximum atomic E-state index is 13.0. The number of aryl methyl sites for hydroxylation is 1. The molecule has 3 rings (SSSR count). The third-order valence-electron chi connectivity index (χ3n) is 4.29. The Morgan fingerprint density at radius 2 is 1.93 bits per heavy atom. The molecule has 0 aliphatic rings. The predicted molar refractivity (Wildman–Crippen MR) is 106 cm³/mol. The lowest BCUT2D eigenvalue weighted by Crippen LogP contribution is -2.31. The van der Waals surface area contributed by atoms with Crippen LogP contribution in [0.3, 0.4) is 0 Å². The van der Waals surface area contributed by atoms with E-state index in [1.54, 1.807) is 37.6 Å². The van der Waals surface area contributed by atoms with Crippen molar-refractivity contribution < 1.29 is 14.3 Å². The average molecular weight is 378 g/mol. The first-order valence-corrected chi connectivity index (χ1v) is 8.78. The van der Waals surface area contributed by atoms with Gasteiger partial charge >= 0.3 is 0 Å². The highest BCUT2D eigenvalue weighted by molar-refractivity contribution is 5.97. The number of imidazole rings is 1.